The summed E-state index contributed by atoms with van der Waals surface area (Å²) in [6.07, 6.45) is 4.86. The molecule has 0 saturated heterocycles. The lowest BCUT2D eigenvalue weighted by Crippen LogP contribution is -2.02. The van der Waals surface area contributed by atoms with Gasteiger partial charge in [0.05, 0.1) is 0 Å². The predicted molar refractivity (Wildman–Crippen MR) is 79.0 cm³/mol. The smallest absolute Gasteiger partial charge is 0.399 e. The molecule has 0 spiro atoms. The van der Waals surface area contributed by atoms with Crippen LogP contribution < -0.4 is 11.5 Å². The lowest BCUT2D eigenvalue weighted by molar-refractivity contribution is 0.275. The summed E-state index contributed by atoms with van der Waals surface area (Å²) in [6.45, 7) is 0. The first-order chi connectivity index (χ1) is 9.77. The summed E-state index contributed by atoms with van der Waals surface area (Å²) in [5.41, 5.74) is 14.5. The summed E-state index contributed by atoms with van der Waals surface area (Å²) in [4.78, 5) is 29.5. The maximum absolute atomic E-state index is 8.88. The van der Waals surface area contributed by atoms with Crippen LogP contribution in [-0.4, -0.2) is 24.6 Å². The van der Waals surface area contributed by atoms with Crippen LogP contribution in [0.15, 0.2) is 36.8 Å². The van der Waals surface area contributed by atoms with Crippen molar-refractivity contribution in [1.29, 1.82) is 0 Å². The Hall–Kier alpha value is -1.99. The molecule has 9 heteroatoms. The number of aromatic nitrogens is 2. The van der Waals surface area contributed by atoms with E-state index >= 15 is 0 Å². The zero-order chi connectivity index (χ0) is 15.9. The van der Waals surface area contributed by atoms with E-state index in [0.717, 1.165) is 29.7 Å². The number of anilines is 2. The Morgan fingerprint density at radius 1 is 1.05 bits per heavy atom. The van der Waals surface area contributed by atoms with E-state index < -0.39 is 7.82 Å². The minimum atomic E-state index is -4.64. The Balaban J connectivity index is 0.000000383. The van der Waals surface area contributed by atoms with E-state index in [1.165, 1.54) is 6.33 Å². The van der Waals surface area contributed by atoms with Gasteiger partial charge in [0.2, 0.25) is 0 Å². The second-order valence-corrected chi connectivity index (χ2v) is 5.17. The molecule has 0 bridgehead atoms. The second-order valence-electron chi connectivity index (χ2n) is 4.15. The molecule has 0 aliphatic carbocycles. The lowest BCUT2D eigenvalue weighted by atomic mass is 10.0. The molecule has 21 heavy (non-hydrogen) atoms. The molecule has 0 fully saturated rings. The fourth-order valence-electron chi connectivity index (χ4n) is 1.59. The van der Waals surface area contributed by atoms with Gasteiger partial charge in [-0.05, 0) is 24.5 Å². The first-order valence-corrected chi connectivity index (χ1v) is 7.50. The van der Waals surface area contributed by atoms with E-state index in [-0.39, 0.29) is 0 Å². The fraction of sp³-hybridized carbons (Fsp3) is 0.167. The third kappa shape index (κ3) is 7.38. The second kappa shape index (κ2) is 7.70. The summed E-state index contributed by atoms with van der Waals surface area (Å²) in [5, 5.41) is 0. The van der Waals surface area contributed by atoms with Crippen LogP contribution in [0.4, 0.5) is 11.5 Å². The van der Waals surface area contributed by atoms with E-state index in [1.807, 2.05) is 24.3 Å². The summed E-state index contributed by atoms with van der Waals surface area (Å²) in [6, 6.07) is 7.84. The van der Waals surface area contributed by atoms with Crippen molar-refractivity contribution < 1.29 is 19.2 Å². The Bertz CT molecular complexity index is 578. The number of hydrogen-bond acceptors (Lipinski definition) is 5. The van der Waals surface area contributed by atoms with E-state index in [9.17, 15) is 0 Å². The van der Waals surface area contributed by atoms with Crippen LogP contribution in [0.25, 0.3) is 0 Å². The first kappa shape index (κ1) is 17.1. The quantitative estimate of drug-likeness (QED) is 0.405. The zero-order valence-corrected chi connectivity index (χ0v) is 12.0. The van der Waals surface area contributed by atoms with Crippen LogP contribution >= 0.6 is 7.82 Å². The molecular weight excluding hydrogens is 295 g/mol. The first-order valence-electron chi connectivity index (χ1n) is 5.93. The van der Waals surface area contributed by atoms with Gasteiger partial charge in [0.15, 0.2) is 0 Å². The van der Waals surface area contributed by atoms with E-state index in [2.05, 4.69) is 9.97 Å². The molecule has 7 N–H and O–H groups in total. The number of benzene rings is 1. The number of hydrogen-bond donors (Lipinski definition) is 5. The number of nitrogens with two attached hydrogens (primary N) is 2. The normalized spacial score (nSPS) is 10.6. The highest BCUT2D eigenvalue weighted by Crippen LogP contribution is 2.25. The summed E-state index contributed by atoms with van der Waals surface area (Å²) in [7, 11) is -4.64. The van der Waals surface area contributed by atoms with E-state index in [1.54, 1.807) is 6.20 Å². The van der Waals surface area contributed by atoms with Crippen LogP contribution in [0.3, 0.4) is 0 Å². The van der Waals surface area contributed by atoms with Crippen molar-refractivity contribution in [2.75, 3.05) is 11.5 Å². The number of nitrogen functional groups attached to an aromatic ring is 2. The largest absolute Gasteiger partial charge is 0.466 e. The molecule has 8 nitrogen and oxygen atoms in total. The molecule has 0 radical (unpaired) electrons. The van der Waals surface area contributed by atoms with Crippen LogP contribution in [0.1, 0.15) is 11.1 Å². The lowest BCUT2D eigenvalue weighted by Gasteiger charge is -2.06. The molecule has 2 rings (SSSR count). The molecule has 2 aromatic rings. The van der Waals surface area contributed by atoms with Gasteiger partial charge >= 0.3 is 7.82 Å². The molecule has 0 unspecified atom stereocenters. The maximum Gasteiger partial charge on any atom is 0.466 e. The van der Waals surface area contributed by atoms with Crippen LogP contribution in [0, 0.1) is 0 Å². The maximum atomic E-state index is 8.88. The Morgan fingerprint density at radius 3 is 2.19 bits per heavy atom. The predicted octanol–water partition coefficient (Wildman–Crippen LogP) is 0.498. The molecule has 0 aliphatic rings. The number of nitrogens with zero attached hydrogens (tertiary/aromatic N) is 2. The third-order valence-electron chi connectivity index (χ3n) is 2.54. The van der Waals surface area contributed by atoms with Gasteiger partial charge in [-0.2, -0.15) is 0 Å². The highest BCUT2D eigenvalue weighted by Gasteiger charge is 2.02. The Morgan fingerprint density at radius 2 is 1.62 bits per heavy atom. The van der Waals surface area contributed by atoms with Gasteiger partial charge in [0, 0.05) is 17.4 Å². The number of aryl methyl sites for hydroxylation is 2. The number of rotatable bonds is 3. The van der Waals surface area contributed by atoms with Gasteiger partial charge in [-0.1, -0.05) is 18.2 Å². The summed E-state index contributed by atoms with van der Waals surface area (Å²) < 4.78 is 8.88. The van der Waals surface area contributed by atoms with E-state index in [4.69, 9.17) is 30.7 Å². The van der Waals surface area contributed by atoms with Crippen LogP contribution in [0.5, 0.6) is 0 Å². The zero-order valence-electron chi connectivity index (χ0n) is 11.1. The average Bonchev–Trinajstić information content (AvgIpc) is 2.37. The summed E-state index contributed by atoms with van der Waals surface area (Å²) in [5.74, 6) is 0.546. The molecule has 0 amide bonds. The topological polar surface area (TPSA) is 156 Å². The minimum Gasteiger partial charge on any atom is -0.399 e. The van der Waals surface area contributed by atoms with Gasteiger partial charge in [0.25, 0.3) is 0 Å². The fourth-order valence-corrected chi connectivity index (χ4v) is 1.59. The van der Waals surface area contributed by atoms with Gasteiger partial charge in [-0.25, -0.2) is 14.5 Å². The third-order valence-corrected chi connectivity index (χ3v) is 2.54. The molecule has 0 aliphatic heterocycles. The molecule has 0 saturated carbocycles. The standard InChI is InChI=1S/C12H14N4.H3O4P/c13-11-4-2-1-3-9(11)5-6-10-7-15-8-16-12(10)14;1-5(2,3)4/h1-4,7-8H,5-6,13H2,(H2,14,15,16);(H3,1,2,3,4). The van der Waals surface area contributed by atoms with Gasteiger partial charge in [-0.3, -0.25) is 0 Å². The highest BCUT2D eigenvalue weighted by atomic mass is 31.2. The number of para-hydroxylation sites is 1. The highest BCUT2D eigenvalue weighted by molar-refractivity contribution is 7.45. The molecule has 0 atom stereocenters. The van der Waals surface area contributed by atoms with Crippen molar-refractivity contribution in [2.24, 2.45) is 0 Å². The van der Waals surface area contributed by atoms with Crippen molar-refractivity contribution >= 4 is 19.3 Å². The van der Waals surface area contributed by atoms with Crippen LogP contribution in [-0.2, 0) is 17.4 Å². The molecule has 1 aromatic carbocycles. The van der Waals surface area contributed by atoms with Gasteiger partial charge in [0.1, 0.15) is 12.1 Å². The van der Waals surface area contributed by atoms with Gasteiger partial charge < -0.3 is 26.1 Å². The van der Waals surface area contributed by atoms with Crippen molar-refractivity contribution in [3.63, 3.8) is 0 Å². The molecular formula is C12H17N4O4P. The van der Waals surface area contributed by atoms with Crippen LogP contribution in [0.2, 0.25) is 0 Å². The van der Waals surface area contributed by atoms with Crippen molar-refractivity contribution in [2.45, 2.75) is 12.8 Å². The monoisotopic (exact) mass is 312 g/mol. The Labute approximate surface area is 121 Å². The van der Waals surface area contributed by atoms with Crippen molar-refractivity contribution in [3.8, 4) is 0 Å². The average molecular weight is 312 g/mol. The molecule has 1 heterocycles. The SMILES string of the molecule is Nc1ccccc1CCc1cncnc1N.O=P(O)(O)O. The van der Waals surface area contributed by atoms with Crippen molar-refractivity contribution in [1.82, 2.24) is 9.97 Å². The number of phosphoric acid groups is 1. The van der Waals surface area contributed by atoms with Gasteiger partial charge in [-0.15, -0.1) is 0 Å². The Kier molecular flexibility index (Phi) is 6.26. The van der Waals surface area contributed by atoms with E-state index in [0.29, 0.717) is 5.82 Å². The summed E-state index contributed by atoms with van der Waals surface area (Å²) >= 11 is 0. The molecule has 1 aromatic heterocycles. The molecule has 114 valence electrons. The van der Waals surface area contributed by atoms with Crippen molar-refractivity contribution in [3.05, 3.63) is 47.9 Å². The minimum absolute atomic E-state index is 0.546.